The van der Waals surface area contributed by atoms with E-state index in [0.29, 0.717) is 18.9 Å². The third kappa shape index (κ3) is 3.75. The summed E-state index contributed by atoms with van der Waals surface area (Å²) in [6, 6.07) is 0. The number of hydrogen-bond acceptors (Lipinski definition) is 6. The first-order chi connectivity index (χ1) is 9.62. The lowest BCUT2D eigenvalue weighted by molar-refractivity contribution is 0.580. The summed E-state index contributed by atoms with van der Waals surface area (Å²) in [6.45, 7) is 2.86. The van der Waals surface area contributed by atoms with Crippen molar-refractivity contribution < 1.29 is 8.42 Å². The lowest BCUT2D eigenvalue weighted by Gasteiger charge is -2.06. The monoisotopic (exact) mass is 296 g/mol. The van der Waals surface area contributed by atoms with Crippen LogP contribution in [0.3, 0.4) is 0 Å². The van der Waals surface area contributed by atoms with Crippen LogP contribution in [0.15, 0.2) is 29.8 Å². The smallest absolute Gasteiger partial charge is 0.243 e. The highest BCUT2D eigenvalue weighted by Crippen LogP contribution is 2.07. The maximum Gasteiger partial charge on any atom is 0.243 e. The molecule has 0 fully saturated rings. The SMILES string of the molecule is CCNc1ncc(S(=O)(=O)NCCc2cnc[nH]2)cn1. The molecule has 0 aliphatic rings. The zero-order valence-electron chi connectivity index (χ0n) is 11.0. The van der Waals surface area contributed by atoms with Gasteiger partial charge in [0.2, 0.25) is 16.0 Å². The summed E-state index contributed by atoms with van der Waals surface area (Å²) in [6.07, 6.45) is 6.31. The second-order valence-corrected chi connectivity index (χ2v) is 5.76. The minimum absolute atomic E-state index is 0.0452. The van der Waals surface area contributed by atoms with E-state index in [2.05, 4.69) is 30.0 Å². The Bertz CT molecular complexity index is 623. The van der Waals surface area contributed by atoms with Crippen molar-refractivity contribution in [2.45, 2.75) is 18.2 Å². The highest BCUT2D eigenvalue weighted by atomic mass is 32.2. The number of imidazole rings is 1. The largest absolute Gasteiger partial charge is 0.355 e. The van der Waals surface area contributed by atoms with E-state index in [1.54, 1.807) is 12.5 Å². The molecule has 0 saturated carbocycles. The lowest BCUT2D eigenvalue weighted by Crippen LogP contribution is -2.26. The van der Waals surface area contributed by atoms with Crippen LogP contribution in [0.4, 0.5) is 5.95 Å². The van der Waals surface area contributed by atoms with Crippen molar-refractivity contribution >= 4 is 16.0 Å². The third-order valence-electron chi connectivity index (χ3n) is 2.51. The molecular weight excluding hydrogens is 280 g/mol. The summed E-state index contributed by atoms with van der Waals surface area (Å²) >= 11 is 0. The van der Waals surface area contributed by atoms with Gasteiger partial charge in [0.25, 0.3) is 0 Å². The molecule has 0 atom stereocenters. The fourth-order valence-corrected chi connectivity index (χ4v) is 2.45. The van der Waals surface area contributed by atoms with Gasteiger partial charge in [0.05, 0.1) is 18.7 Å². The number of anilines is 1. The van der Waals surface area contributed by atoms with Crippen molar-refractivity contribution in [3.05, 3.63) is 30.6 Å². The molecule has 3 N–H and O–H groups in total. The highest BCUT2D eigenvalue weighted by molar-refractivity contribution is 7.89. The Morgan fingerprint density at radius 1 is 1.25 bits per heavy atom. The molecule has 2 rings (SSSR count). The van der Waals surface area contributed by atoms with Gasteiger partial charge in [-0.1, -0.05) is 0 Å². The second kappa shape index (κ2) is 6.44. The predicted octanol–water partition coefficient (Wildman–Crippen LogP) is 0.152. The minimum Gasteiger partial charge on any atom is -0.355 e. The van der Waals surface area contributed by atoms with Crippen LogP contribution < -0.4 is 10.0 Å². The van der Waals surface area contributed by atoms with E-state index < -0.39 is 10.0 Å². The average Bonchev–Trinajstić information content (AvgIpc) is 2.93. The van der Waals surface area contributed by atoms with Crippen LogP contribution in [0, 0.1) is 0 Å². The highest BCUT2D eigenvalue weighted by Gasteiger charge is 2.14. The molecule has 2 aromatic heterocycles. The molecule has 0 amide bonds. The van der Waals surface area contributed by atoms with Crippen LogP contribution in [-0.2, 0) is 16.4 Å². The molecule has 0 radical (unpaired) electrons. The summed E-state index contributed by atoms with van der Waals surface area (Å²) < 4.78 is 26.5. The first-order valence-electron chi connectivity index (χ1n) is 6.14. The minimum atomic E-state index is -3.58. The molecule has 108 valence electrons. The zero-order valence-corrected chi connectivity index (χ0v) is 11.8. The van der Waals surface area contributed by atoms with Crippen molar-refractivity contribution in [3.8, 4) is 0 Å². The Balaban J connectivity index is 1.95. The summed E-state index contributed by atoms with van der Waals surface area (Å²) in [5, 5.41) is 2.90. The van der Waals surface area contributed by atoms with E-state index in [-0.39, 0.29) is 11.4 Å². The van der Waals surface area contributed by atoms with Gasteiger partial charge < -0.3 is 10.3 Å². The van der Waals surface area contributed by atoms with Crippen LogP contribution in [0.2, 0.25) is 0 Å². The van der Waals surface area contributed by atoms with E-state index in [0.717, 1.165) is 5.69 Å². The van der Waals surface area contributed by atoms with Crippen molar-refractivity contribution in [2.75, 3.05) is 18.4 Å². The number of aromatic nitrogens is 4. The van der Waals surface area contributed by atoms with E-state index in [1.807, 2.05) is 6.92 Å². The maximum absolute atomic E-state index is 12.0. The van der Waals surface area contributed by atoms with E-state index in [4.69, 9.17) is 0 Å². The van der Waals surface area contributed by atoms with E-state index in [9.17, 15) is 8.42 Å². The molecule has 2 heterocycles. The average molecular weight is 296 g/mol. The topological polar surface area (TPSA) is 113 Å². The summed E-state index contributed by atoms with van der Waals surface area (Å²) in [4.78, 5) is 14.7. The van der Waals surface area contributed by atoms with Gasteiger partial charge in [0.1, 0.15) is 4.90 Å². The zero-order chi connectivity index (χ0) is 14.4. The Labute approximate surface area is 117 Å². The molecule has 20 heavy (non-hydrogen) atoms. The maximum atomic E-state index is 12.0. The van der Waals surface area contributed by atoms with Gasteiger partial charge in [0, 0.05) is 31.4 Å². The van der Waals surface area contributed by atoms with E-state index >= 15 is 0 Å². The standard InChI is InChI=1S/C11H16N6O2S/c1-2-13-11-14-6-10(7-15-11)20(18,19)17-4-3-9-5-12-8-16-9/h5-8,17H,2-4H2,1H3,(H,12,16)(H,13,14,15). The van der Waals surface area contributed by atoms with Gasteiger partial charge in [-0.2, -0.15) is 0 Å². The molecule has 0 aromatic carbocycles. The number of rotatable bonds is 7. The van der Waals surface area contributed by atoms with Gasteiger partial charge in [-0.15, -0.1) is 0 Å². The van der Waals surface area contributed by atoms with Crippen molar-refractivity contribution in [3.63, 3.8) is 0 Å². The summed E-state index contributed by atoms with van der Waals surface area (Å²) in [5.41, 5.74) is 0.867. The van der Waals surface area contributed by atoms with Crippen LogP contribution >= 0.6 is 0 Å². The summed E-state index contributed by atoms with van der Waals surface area (Å²) in [7, 11) is -3.58. The molecule has 0 saturated heterocycles. The Morgan fingerprint density at radius 2 is 2.00 bits per heavy atom. The van der Waals surface area contributed by atoms with Crippen molar-refractivity contribution in [1.29, 1.82) is 0 Å². The van der Waals surface area contributed by atoms with Gasteiger partial charge in [-0.3, -0.25) is 0 Å². The van der Waals surface area contributed by atoms with Crippen molar-refractivity contribution in [1.82, 2.24) is 24.7 Å². The molecule has 2 aromatic rings. The quantitative estimate of drug-likeness (QED) is 0.670. The fourth-order valence-electron chi connectivity index (χ4n) is 1.53. The molecule has 0 spiro atoms. The normalized spacial score (nSPS) is 11.4. The number of hydrogen-bond donors (Lipinski definition) is 3. The van der Waals surface area contributed by atoms with E-state index in [1.165, 1.54) is 12.4 Å². The molecule has 0 bridgehead atoms. The second-order valence-electron chi connectivity index (χ2n) is 4.00. The number of nitrogens with zero attached hydrogens (tertiary/aromatic N) is 3. The Morgan fingerprint density at radius 3 is 2.60 bits per heavy atom. The molecule has 0 unspecified atom stereocenters. The Hall–Kier alpha value is -2.00. The van der Waals surface area contributed by atoms with Crippen LogP contribution in [-0.4, -0.2) is 41.4 Å². The van der Waals surface area contributed by atoms with Crippen LogP contribution in [0.1, 0.15) is 12.6 Å². The van der Waals surface area contributed by atoms with Gasteiger partial charge >= 0.3 is 0 Å². The van der Waals surface area contributed by atoms with Gasteiger partial charge in [0.15, 0.2) is 0 Å². The van der Waals surface area contributed by atoms with Gasteiger partial charge in [-0.05, 0) is 6.92 Å². The molecule has 8 nitrogen and oxygen atoms in total. The number of aromatic amines is 1. The van der Waals surface area contributed by atoms with Gasteiger partial charge in [-0.25, -0.2) is 28.1 Å². The summed E-state index contributed by atoms with van der Waals surface area (Å²) in [5.74, 6) is 0.406. The third-order valence-corrected chi connectivity index (χ3v) is 3.93. The molecular formula is C11H16N6O2S. The van der Waals surface area contributed by atoms with Crippen LogP contribution in [0.25, 0.3) is 0 Å². The molecule has 0 aliphatic carbocycles. The first kappa shape index (κ1) is 14.4. The molecule has 9 heteroatoms. The number of sulfonamides is 1. The van der Waals surface area contributed by atoms with Crippen LogP contribution in [0.5, 0.6) is 0 Å². The molecule has 0 aliphatic heterocycles. The number of H-pyrrole nitrogens is 1. The first-order valence-corrected chi connectivity index (χ1v) is 7.63. The predicted molar refractivity (Wildman–Crippen MR) is 73.7 cm³/mol. The number of nitrogens with one attached hydrogen (secondary N) is 3. The Kier molecular flexibility index (Phi) is 4.64. The fraction of sp³-hybridized carbons (Fsp3) is 0.364. The van der Waals surface area contributed by atoms with Crippen molar-refractivity contribution in [2.24, 2.45) is 0 Å². The lowest BCUT2D eigenvalue weighted by atomic mass is 10.3.